The minimum Gasteiger partial charge on any atom is -0.490 e. The third-order valence-corrected chi connectivity index (χ3v) is 6.00. The van der Waals surface area contributed by atoms with Crippen molar-refractivity contribution >= 4 is 26.8 Å². The molecule has 0 fully saturated rings. The van der Waals surface area contributed by atoms with Crippen molar-refractivity contribution in [3.05, 3.63) is 93.6 Å². The van der Waals surface area contributed by atoms with Crippen LogP contribution in [0.15, 0.2) is 71.3 Å². The fourth-order valence-electron chi connectivity index (χ4n) is 3.88. The summed E-state index contributed by atoms with van der Waals surface area (Å²) in [6, 6.07) is 21.0. The van der Waals surface area contributed by atoms with E-state index in [2.05, 4.69) is 100 Å². The van der Waals surface area contributed by atoms with E-state index < -0.39 is 0 Å². The Morgan fingerprint density at radius 1 is 0.969 bits per heavy atom. The molecule has 2 N–H and O–H groups in total. The number of H-pyrrole nitrogens is 1. The summed E-state index contributed by atoms with van der Waals surface area (Å²) in [6.07, 6.45) is 3.08. The Hall–Kier alpha value is -2.76. The van der Waals surface area contributed by atoms with Gasteiger partial charge < -0.3 is 19.8 Å². The number of aryl methyl sites for hydroxylation is 1. The number of para-hydroxylation sites is 1. The van der Waals surface area contributed by atoms with Gasteiger partial charge in [0.05, 0.1) is 11.1 Å². The van der Waals surface area contributed by atoms with Gasteiger partial charge in [0.25, 0.3) is 0 Å². The smallest absolute Gasteiger partial charge is 0.175 e. The lowest BCUT2D eigenvalue weighted by Gasteiger charge is -2.16. The number of fused-ring (bicyclic) bond motifs is 1. The molecule has 0 bridgehead atoms. The van der Waals surface area contributed by atoms with Crippen LogP contribution >= 0.6 is 15.9 Å². The summed E-state index contributed by atoms with van der Waals surface area (Å²) < 4.78 is 12.9. The number of hydrogen-bond donors (Lipinski definition) is 2. The lowest BCUT2D eigenvalue weighted by Crippen LogP contribution is -2.16. The van der Waals surface area contributed by atoms with Gasteiger partial charge in [-0.05, 0) is 77.6 Å². The molecule has 4 rings (SSSR count). The minimum atomic E-state index is 0.503. The van der Waals surface area contributed by atoms with Gasteiger partial charge in [0.15, 0.2) is 11.5 Å². The second-order valence-corrected chi connectivity index (χ2v) is 8.76. The molecule has 3 aromatic carbocycles. The maximum Gasteiger partial charge on any atom is 0.175 e. The molecule has 0 aliphatic rings. The summed E-state index contributed by atoms with van der Waals surface area (Å²) in [5.74, 6) is 1.51. The molecular formula is C27H29BrN2O2. The van der Waals surface area contributed by atoms with Crippen LogP contribution < -0.4 is 14.8 Å². The van der Waals surface area contributed by atoms with Gasteiger partial charge in [-0.3, -0.25) is 0 Å². The van der Waals surface area contributed by atoms with Crippen LogP contribution in [0.5, 0.6) is 11.5 Å². The molecule has 5 heteroatoms. The van der Waals surface area contributed by atoms with E-state index in [0.717, 1.165) is 46.6 Å². The van der Waals surface area contributed by atoms with Gasteiger partial charge >= 0.3 is 0 Å². The average molecular weight is 493 g/mol. The maximum atomic E-state index is 6.14. The van der Waals surface area contributed by atoms with Crippen LogP contribution in [0.1, 0.15) is 29.2 Å². The van der Waals surface area contributed by atoms with Crippen LogP contribution in [-0.4, -0.2) is 18.1 Å². The first kappa shape index (κ1) is 22.4. The van der Waals surface area contributed by atoms with Crippen LogP contribution in [0.2, 0.25) is 0 Å². The normalized spacial score (nSPS) is 11.1. The average Bonchev–Trinajstić information content (AvgIpc) is 3.20. The Kier molecular flexibility index (Phi) is 7.51. The molecule has 166 valence electrons. The zero-order valence-electron chi connectivity index (χ0n) is 18.6. The summed E-state index contributed by atoms with van der Waals surface area (Å²) in [5, 5.41) is 4.85. The summed E-state index contributed by atoms with van der Waals surface area (Å²) in [5.41, 5.74) is 6.05. The molecule has 4 nitrogen and oxygen atoms in total. The highest BCUT2D eigenvalue weighted by molar-refractivity contribution is 9.10. The first-order valence-corrected chi connectivity index (χ1v) is 11.8. The Bertz CT molecular complexity index is 1190. The fraction of sp³-hybridized carbons (Fsp3) is 0.259. The summed E-state index contributed by atoms with van der Waals surface area (Å²) >= 11 is 3.69. The monoisotopic (exact) mass is 492 g/mol. The molecule has 0 amide bonds. The van der Waals surface area contributed by atoms with Crippen molar-refractivity contribution in [1.82, 2.24) is 10.3 Å². The number of halogens is 1. The first-order chi connectivity index (χ1) is 15.6. The molecule has 0 spiro atoms. The minimum absolute atomic E-state index is 0.503. The van der Waals surface area contributed by atoms with Gasteiger partial charge in [-0.1, -0.05) is 48.0 Å². The molecule has 0 saturated carbocycles. The lowest BCUT2D eigenvalue weighted by atomic mass is 10.1. The lowest BCUT2D eigenvalue weighted by molar-refractivity contribution is 0.267. The predicted octanol–water partition coefficient (Wildman–Crippen LogP) is 6.55. The van der Waals surface area contributed by atoms with Crippen molar-refractivity contribution in [2.24, 2.45) is 0 Å². The standard InChI is InChI=1S/C27H29BrN2O2/c1-3-31-26-15-21(14-24(28)27(26)32-18-20-8-6-7-19(2)13-20)16-29-12-11-22-17-30-25-10-5-4-9-23(22)25/h4-10,13-15,17,29-30H,3,11-12,16,18H2,1-2H3. The zero-order chi connectivity index (χ0) is 22.3. The third kappa shape index (κ3) is 5.53. The quantitative estimate of drug-likeness (QED) is 0.246. The third-order valence-electron chi connectivity index (χ3n) is 5.41. The highest BCUT2D eigenvalue weighted by atomic mass is 79.9. The van der Waals surface area contributed by atoms with Crippen molar-refractivity contribution in [3.8, 4) is 11.5 Å². The van der Waals surface area contributed by atoms with Crippen LogP contribution in [0.4, 0.5) is 0 Å². The second kappa shape index (κ2) is 10.7. The van der Waals surface area contributed by atoms with E-state index in [9.17, 15) is 0 Å². The molecule has 1 aromatic heterocycles. The predicted molar refractivity (Wildman–Crippen MR) is 135 cm³/mol. The molecule has 0 aliphatic carbocycles. The fourth-order valence-corrected chi connectivity index (χ4v) is 4.48. The Morgan fingerprint density at radius 2 is 1.84 bits per heavy atom. The van der Waals surface area contributed by atoms with Crippen LogP contribution in [-0.2, 0) is 19.6 Å². The van der Waals surface area contributed by atoms with Crippen LogP contribution in [0, 0.1) is 6.92 Å². The van der Waals surface area contributed by atoms with Gasteiger partial charge in [0, 0.05) is 23.6 Å². The maximum absolute atomic E-state index is 6.14. The summed E-state index contributed by atoms with van der Waals surface area (Å²) in [6.45, 7) is 6.83. The van der Waals surface area contributed by atoms with E-state index >= 15 is 0 Å². The molecule has 0 unspecified atom stereocenters. The number of ether oxygens (including phenoxy) is 2. The van der Waals surface area contributed by atoms with E-state index in [0.29, 0.717) is 13.2 Å². The van der Waals surface area contributed by atoms with Gasteiger partial charge in [-0.2, -0.15) is 0 Å². The molecule has 0 atom stereocenters. The zero-order valence-corrected chi connectivity index (χ0v) is 20.2. The number of rotatable bonds is 10. The number of aromatic nitrogens is 1. The van der Waals surface area contributed by atoms with Gasteiger partial charge in [-0.25, -0.2) is 0 Å². The highest BCUT2D eigenvalue weighted by Gasteiger charge is 2.13. The van der Waals surface area contributed by atoms with Crippen molar-refractivity contribution in [1.29, 1.82) is 0 Å². The molecule has 0 saturated heterocycles. The van der Waals surface area contributed by atoms with E-state index in [1.54, 1.807) is 0 Å². The van der Waals surface area contributed by atoms with Crippen molar-refractivity contribution in [3.63, 3.8) is 0 Å². The van der Waals surface area contributed by atoms with Crippen molar-refractivity contribution in [2.75, 3.05) is 13.2 Å². The van der Waals surface area contributed by atoms with Gasteiger partial charge in [-0.15, -0.1) is 0 Å². The molecule has 0 radical (unpaired) electrons. The SMILES string of the molecule is CCOc1cc(CNCCc2c[nH]c3ccccc23)cc(Br)c1OCc1cccc(C)c1. The van der Waals surface area contributed by atoms with Crippen LogP contribution in [0.25, 0.3) is 10.9 Å². The Morgan fingerprint density at radius 3 is 2.69 bits per heavy atom. The second-order valence-electron chi connectivity index (χ2n) is 7.90. The number of benzene rings is 3. The molecular weight excluding hydrogens is 464 g/mol. The highest BCUT2D eigenvalue weighted by Crippen LogP contribution is 2.37. The van der Waals surface area contributed by atoms with E-state index in [1.165, 1.54) is 22.0 Å². The van der Waals surface area contributed by atoms with E-state index in [1.807, 2.05) is 6.92 Å². The topological polar surface area (TPSA) is 46.3 Å². The molecule has 0 aliphatic heterocycles. The van der Waals surface area contributed by atoms with E-state index in [4.69, 9.17) is 9.47 Å². The summed E-state index contributed by atoms with van der Waals surface area (Å²) in [4.78, 5) is 3.34. The number of aromatic amines is 1. The van der Waals surface area contributed by atoms with Gasteiger partial charge in [0.2, 0.25) is 0 Å². The number of nitrogens with one attached hydrogen (secondary N) is 2. The van der Waals surface area contributed by atoms with Crippen molar-refractivity contribution in [2.45, 2.75) is 33.4 Å². The van der Waals surface area contributed by atoms with E-state index in [-0.39, 0.29) is 0 Å². The molecule has 32 heavy (non-hydrogen) atoms. The van der Waals surface area contributed by atoms with Crippen molar-refractivity contribution < 1.29 is 9.47 Å². The first-order valence-electron chi connectivity index (χ1n) is 11.0. The Balaban J connectivity index is 1.38. The van der Waals surface area contributed by atoms with Crippen LogP contribution in [0.3, 0.4) is 0 Å². The molecule has 4 aromatic rings. The molecule has 1 heterocycles. The van der Waals surface area contributed by atoms with Gasteiger partial charge in [0.1, 0.15) is 6.61 Å². The largest absolute Gasteiger partial charge is 0.490 e. The Labute approximate surface area is 198 Å². The number of hydrogen-bond acceptors (Lipinski definition) is 3. The summed E-state index contributed by atoms with van der Waals surface area (Å²) in [7, 11) is 0.